The first-order valence-electron chi connectivity index (χ1n) is 5.71. The van der Waals surface area contributed by atoms with Crippen LogP contribution in [0, 0.1) is 5.82 Å². The fourth-order valence-electron chi connectivity index (χ4n) is 1.44. The Kier molecular flexibility index (Phi) is 5.49. The predicted octanol–water partition coefficient (Wildman–Crippen LogP) is 1.78. The SMILES string of the molecule is CCNCc1ccc(F)cc1S(=O)(=O)NCC(F)(F)F. The molecule has 1 rings (SSSR count). The van der Waals surface area contributed by atoms with Crippen LogP contribution in [-0.4, -0.2) is 27.7 Å². The van der Waals surface area contributed by atoms with Crippen LogP contribution in [-0.2, 0) is 16.6 Å². The first-order chi connectivity index (χ1) is 9.15. The molecular formula is C11H14F4N2O2S. The molecule has 0 atom stereocenters. The van der Waals surface area contributed by atoms with Crippen LogP contribution >= 0.6 is 0 Å². The van der Waals surface area contributed by atoms with E-state index in [4.69, 9.17) is 0 Å². The fraction of sp³-hybridized carbons (Fsp3) is 0.455. The molecule has 0 aliphatic carbocycles. The molecule has 0 heterocycles. The molecule has 0 saturated heterocycles. The lowest BCUT2D eigenvalue weighted by Gasteiger charge is -2.13. The lowest BCUT2D eigenvalue weighted by atomic mass is 10.2. The van der Waals surface area contributed by atoms with Gasteiger partial charge in [-0.25, -0.2) is 17.5 Å². The van der Waals surface area contributed by atoms with E-state index in [-0.39, 0.29) is 12.1 Å². The lowest BCUT2D eigenvalue weighted by molar-refractivity contribution is -0.121. The predicted molar refractivity (Wildman–Crippen MR) is 65.0 cm³/mol. The van der Waals surface area contributed by atoms with Gasteiger partial charge in [0.15, 0.2) is 0 Å². The van der Waals surface area contributed by atoms with Gasteiger partial charge in [0.2, 0.25) is 10.0 Å². The second-order valence-corrected chi connectivity index (χ2v) is 5.71. The first-order valence-corrected chi connectivity index (χ1v) is 7.19. The Morgan fingerprint density at radius 1 is 1.25 bits per heavy atom. The van der Waals surface area contributed by atoms with Crippen LogP contribution < -0.4 is 10.0 Å². The van der Waals surface area contributed by atoms with E-state index in [1.165, 1.54) is 10.8 Å². The van der Waals surface area contributed by atoms with Gasteiger partial charge < -0.3 is 5.32 Å². The molecule has 2 N–H and O–H groups in total. The van der Waals surface area contributed by atoms with Gasteiger partial charge in [-0.3, -0.25) is 0 Å². The topological polar surface area (TPSA) is 58.2 Å². The van der Waals surface area contributed by atoms with Crippen LogP contribution in [0.1, 0.15) is 12.5 Å². The number of hydrogen-bond donors (Lipinski definition) is 2. The molecule has 20 heavy (non-hydrogen) atoms. The number of nitrogens with one attached hydrogen (secondary N) is 2. The summed E-state index contributed by atoms with van der Waals surface area (Å²) in [6.45, 7) is 0.720. The van der Waals surface area contributed by atoms with Crippen molar-refractivity contribution in [1.29, 1.82) is 0 Å². The van der Waals surface area contributed by atoms with E-state index in [2.05, 4.69) is 5.32 Å². The molecule has 0 radical (unpaired) electrons. The van der Waals surface area contributed by atoms with Crippen LogP contribution in [0.4, 0.5) is 17.6 Å². The molecule has 0 spiro atoms. The quantitative estimate of drug-likeness (QED) is 0.787. The summed E-state index contributed by atoms with van der Waals surface area (Å²) in [6.07, 6.45) is -4.68. The maximum absolute atomic E-state index is 13.1. The highest BCUT2D eigenvalue weighted by Crippen LogP contribution is 2.19. The molecule has 0 amide bonds. The number of rotatable bonds is 6. The monoisotopic (exact) mass is 314 g/mol. The molecule has 0 bridgehead atoms. The minimum atomic E-state index is -4.68. The third-order valence-corrected chi connectivity index (χ3v) is 3.83. The van der Waals surface area contributed by atoms with Gasteiger partial charge in [0.25, 0.3) is 0 Å². The summed E-state index contributed by atoms with van der Waals surface area (Å²) in [7, 11) is -4.43. The van der Waals surface area contributed by atoms with Crippen molar-refractivity contribution < 1.29 is 26.0 Å². The van der Waals surface area contributed by atoms with Gasteiger partial charge in [-0.15, -0.1) is 0 Å². The molecule has 114 valence electrons. The summed E-state index contributed by atoms with van der Waals surface area (Å²) in [4.78, 5) is -0.497. The highest BCUT2D eigenvalue weighted by atomic mass is 32.2. The summed E-state index contributed by atoms with van der Waals surface area (Å²) in [5.41, 5.74) is 0.197. The Morgan fingerprint density at radius 3 is 2.45 bits per heavy atom. The van der Waals surface area contributed by atoms with Gasteiger partial charge in [-0.1, -0.05) is 13.0 Å². The highest BCUT2D eigenvalue weighted by molar-refractivity contribution is 7.89. The Morgan fingerprint density at radius 2 is 1.90 bits per heavy atom. The van der Waals surface area contributed by atoms with Gasteiger partial charge in [0.05, 0.1) is 4.90 Å². The second-order valence-electron chi connectivity index (χ2n) is 3.97. The Balaban J connectivity index is 3.06. The zero-order chi connectivity index (χ0) is 15.4. The molecule has 0 fully saturated rings. The molecule has 0 saturated carbocycles. The van der Waals surface area contributed by atoms with Crippen LogP contribution in [0.25, 0.3) is 0 Å². The van der Waals surface area contributed by atoms with Crippen molar-refractivity contribution in [2.75, 3.05) is 13.1 Å². The molecule has 4 nitrogen and oxygen atoms in total. The van der Waals surface area contributed by atoms with Crippen molar-refractivity contribution in [1.82, 2.24) is 10.0 Å². The Bertz CT molecular complexity index is 558. The summed E-state index contributed by atoms with van der Waals surface area (Å²) < 4.78 is 74.4. The maximum atomic E-state index is 13.1. The molecule has 1 aromatic carbocycles. The first kappa shape index (κ1) is 16.9. The van der Waals surface area contributed by atoms with E-state index >= 15 is 0 Å². The molecule has 0 aliphatic rings. The van der Waals surface area contributed by atoms with E-state index in [1.54, 1.807) is 6.92 Å². The third kappa shape index (κ3) is 5.06. The highest BCUT2D eigenvalue weighted by Gasteiger charge is 2.30. The third-order valence-electron chi connectivity index (χ3n) is 2.35. The zero-order valence-corrected chi connectivity index (χ0v) is 11.4. The van der Waals surface area contributed by atoms with Crippen molar-refractivity contribution in [3.63, 3.8) is 0 Å². The van der Waals surface area contributed by atoms with Crippen molar-refractivity contribution in [3.05, 3.63) is 29.6 Å². The van der Waals surface area contributed by atoms with Crippen LogP contribution in [0.5, 0.6) is 0 Å². The average Bonchev–Trinajstić information content (AvgIpc) is 2.34. The molecule has 9 heteroatoms. The van der Waals surface area contributed by atoms with Crippen LogP contribution in [0.2, 0.25) is 0 Å². The van der Waals surface area contributed by atoms with Crippen LogP contribution in [0.3, 0.4) is 0 Å². The van der Waals surface area contributed by atoms with Gasteiger partial charge in [-0.2, -0.15) is 13.2 Å². The molecule has 0 aromatic heterocycles. The molecular weight excluding hydrogens is 300 g/mol. The molecule has 0 aliphatic heterocycles. The molecule has 1 aromatic rings. The lowest BCUT2D eigenvalue weighted by Crippen LogP contribution is -2.34. The minimum Gasteiger partial charge on any atom is -0.313 e. The number of sulfonamides is 1. The van der Waals surface area contributed by atoms with Crippen molar-refractivity contribution in [3.8, 4) is 0 Å². The average molecular weight is 314 g/mol. The Labute approximate surface area is 114 Å². The van der Waals surface area contributed by atoms with Crippen molar-refractivity contribution in [2.24, 2.45) is 0 Å². The second kappa shape index (κ2) is 6.51. The van der Waals surface area contributed by atoms with Gasteiger partial charge >= 0.3 is 6.18 Å². The molecule has 0 unspecified atom stereocenters. The van der Waals surface area contributed by atoms with E-state index in [1.807, 2.05) is 0 Å². The number of benzene rings is 1. The van der Waals surface area contributed by atoms with Crippen molar-refractivity contribution >= 4 is 10.0 Å². The zero-order valence-electron chi connectivity index (χ0n) is 10.6. The van der Waals surface area contributed by atoms with Gasteiger partial charge in [0.1, 0.15) is 12.4 Å². The van der Waals surface area contributed by atoms with Gasteiger partial charge in [0, 0.05) is 6.54 Å². The number of halogens is 4. The number of alkyl halides is 3. The fourth-order valence-corrected chi connectivity index (χ4v) is 2.70. The summed E-state index contributed by atoms with van der Waals surface area (Å²) >= 11 is 0. The number of hydrogen-bond acceptors (Lipinski definition) is 3. The van der Waals surface area contributed by atoms with Crippen molar-refractivity contribution in [2.45, 2.75) is 24.5 Å². The van der Waals surface area contributed by atoms with E-state index < -0.39 is 33.5 Å². The van der Waals surface area contributed by atoms with Gasteiger partial charge in [-0.05, 0) is 24.2 Å². The Hall–Kier alpha value is -1.19. The van der Waals surface area contributed by atoms with E-state index in [9.17, 15) is 26.0 Å². The standard InChI is InChI=1S/C11H14F4N2O2S/c1-2-16-6-8-3-4-9(12)5-10(8)20(18,19)17-7-11(13,14)15/h3-5,16-17H,2,6-7H2,1H3. The maximum Gasteiger partial charge on any atom is 0.402 e. The summed E-state index contributed by atoms with van der Waals surface area (Å²) in [5.74, 6) is -0.836. The minimum absolute atomic E-state index is 0.110. The normalized spacial score (nSPS) is 12.7. The summed E-state index contributed by atoms with van der Waals surface area (Å²) in [6, 6.07) is 2.97. The van der Waals surface area contributed by atoms with E-state index in [0.717, 1.165) is 6.07 Å². The van der Waals surface area contributed by atoms with E-state index in [0.29, 0.717) is 12.6 Å². The van der Waals surface area contributed by atoms with Crippen LogP contribution in [0.15, 0.2) is 23.1 Å². The smallest absolute Gasteiger partial charge is 0.313 e. The summed E-state index contributed by atoms with van der Waals surface area (Å²) in [5, 5.41) is 2.83. The largest absolute Gasteiger partial charge is 0.402 e.